The van der Waals surface area contributed by atoms with Crippen molar-refractivity contribution in [1.82, 2.24) is 5.32 Å². The summed E-state index contributed by atoms with van der Waals surface area (Å²) in [5.41, 5.74) is 6.90. The molecule has 1 fully saturated rings. The van der Waals surface area contributed by atoms with Gasteiger partial charge in [0.1, 0.15) is 6.04 Å². The Hall–Kier alpha value is -1.43. The highest BCUT2D eigenvalue weighted by Gasteiger charge is 2.24. The second-order valence-corrected chi connectivity index (χ2v) is 5.50. The molecule has 0 spiro atoms. The van der Waals surface area contributed by atoms with Crippen molar-refractivity contribution in [2.24, 2.45) is 11.7 Å². The maximum atomic E-state index is 12.1. The Morgan fingerprint density at radius 3 is 2.86 bits per heavy atom. The number of amides is 1. The molecule has 1 saturated heterocycles. The van der Waals surface area contributed by atoms with Crippen LogP contribution in [0.5, 0.6) is 0 Å². The van der Waals surface area contributed by atoms with E-state index in [0.717, 1.165) is 31.6 Å². The summed E-state index contributed by atoms with van der Waals surface area (Å²) in [7, 11) is 1.54. The average molecular weight is 292 g/mol. The van der Waals surface area contributed by atoms with Crippen LogP contribution < -0.4 is 11.1 Å². The minimum Gasteiger partial charge on any atom is -0.383 e. The summed E-state index contributed by atoms with van der Waals surface area (Å²) in [6, 6.07) is 9.32. The van der Waals surface area contributed by atoms with Gasteiger partial charge in [0.15, 0.2) is 0 Å². The maximum absolute atomic E-state index is 12.1. The number of methoxy groups -OCH3 is 1. The van der Waals surface area contributed by atoms with E-state index in [9.17, 15) is 4.79 Å². The van der Waals surface area contributed by atoms with Gasteiger partial charge in [-0.2, -0.15) is 0 Å². The van der Waals surface area contributed by atoms with E-state index >= 15 is 0 Å². The summed E-state index contributed by atoms with van der Waals surface area (Å²) >= 11 is 0. The van der Waals surface area contributed by atoms with Gasteiger partial charge < -0.3 is 20.5 Å². The van der Waals surface area contributed by atoms with Crippen molar-refractivity contribution >= 4 is 5.91 Å². The summed E-state index contributed by atoms with van der Waals surface area (Å²) in [5.74, 6) is 0.304. The zero-order valence-corrected chi connectivity index (χ0v) is 12.5. The van der Waals surface area contributed by atoms with Crippen LogP contribution in [-0.2, 0) is 14.3 Å². The largest absolute Gasteiger partial charge is 0.383 e. The lowest BCUT2D eigenvalue weighted by atomic mass is 9.94. The van der Waals surface area contributed by atoms with Crippen LogP contribution in [0.3, 0.4) is 0 Å². The van der Waals surface area contributed by atoms with Gasteiger partial charge in [0, 0.05) is 20.3 Å². The van der Waals surface area contributed by atoms with Crippen molar-refractivity contribution in [3.8, 4) is 0 Å². The van der Waals surface area contributed by atoms with Gasteiger partial charge >= 0.3 is 0 Å². The molecule has 0 radical (unpaired) electrons. The van der Waals surface area contributed by atoms with Crippen LogP contribution in [0.1, 0.15) is 24.4 Å². The summed E-state index contributed by atoms with van der Waals surface area (Å²) in [6.45, 7) is 1.80. The lowest BCUT2D eigenvalue weighted by molar-refractivity contribution is -0.124. The van der Waals surface area contributed by atoms with Crippen molar-refractivity contribution in [2.45, 2.75) is 24.9 Å². The fourth-order valence-electron chi connectivity index (χ4n) is 2.60. The Kier molecular flexibility index (Phi) is 6.17. The van der Waals surface area contributed by atoms with Crippen LogP contribution in [0.4, 0.5) is 0 Å². The molecule has 2 rings (SSSR count). The van der Waals surface area contributed by atoms with Gasteiger partial charge in [0.25, 0.3) is 0 Å². The molecule has 0 aromatic heterocycles. The molecule has 1 aromatic rings. The molecule has 3 N–H and O–H groups in total. The van der Waals surface area contributed by atoms with Crippen LogP contribution in [0.15, 0.2) is 30.3 Å². The van der Waals surface area contributed by atoms with Crippen LogP contribution in [0, 0.1) is 5.92 Å². The molecule has 5 nitrogen and oxygen atoms in total. The van der Waals surface area contributed by atoms with Crippen molar-refractivity contribution in [3.63, 3.8) is 0 Å². The van der Waals surface area contributed by atoms with Gasteiger partial charge in [-0.3, -0.25) is 4.79 Å². The second kappa shape index (κ2) is 8.12. The molecule has 116 valence electrons. The summed E-state index contributed by atoms with van der Waals surface area (Å²) in [5, 5.41) is 3.05. The van der Waals surface area contributed by atoms with E-state index in [1.54, 1.807) is 0 Å². The Balaban J connectivity index is 2.02. The first-order chi connectivity index (χ1) is 10.2. The predicted molar refractivity (Wildman–Crippen MR) is 80.7 cm³/mol. The predicted octanol–water partition coefficient (Wildman–Crippen LogP) is 1.24. The van der Waals surface area contributed by atoms with Crippen LogP contribution in [0.2, 0.25) is 0 Å². The number of rotatable bonds is 7. The lowest BCUT2D eigenvalue weighted by Crippen LogP contribution is -2.45. The molecule has 1 aliphatic rings. The first-order valence-corrected chi connectivity index (χ1v) is 7.38. The smallest absolute Gasteiger partial charge is 0.239 e. The van der Waals surface area contributed by atoms with Crippen LogP contribution >= 0.6 is 0 Å². The highest BCUT2D eigenvalue weighted by molar-refractivity contribution is 5.82. The van der Waals surface area contributed by atoms with E-state index in [1.807, 2.05) is 30.3 Å². The normalized spacial score (nSPS) is 21.0. The number of hydrogen-bond donors (Lipinski definition) is 2. The minimum atomic E-state index is -0.638. The third-order valence-electron chi connectivity index (χ3n) is 3.79. The highest BCUT2D eigenvalue weighted by Crippen LogP contribution is 2.26. The van der Waals surface area contributed by atoms with Crippen LogP contribution in [0.25, 0.3) is 0 Å². The van der Waals surface area contributed by atoms with E-state index in [4.69, 9.17) is 15.2 Å². The molecule has 21 heavy (non-hydrogen) atoms. The quantitative estimate of drug-likeness (QED) is 0.793. The topological polar surface area (TPSA) is 73.6 Å². The number of nitrogens with two attached hydrogens (primary N) is 1. The third-order valence-corrected chi connectivity index (χ3v) is 3.79. The van der Waals surface area contributed by atoms with Gasteiger partial charge in [-0.25, -0.2) is 0 Å². The van der Waals surface area contributed by atoms with Crippen molar-refractivity contribution < 1.29 is 14.3 Å². The van der Waals surface area contributed by atoms with Crippen molar-refractivity contribution in [2.75, 3.05) is 26.9 Å². The Bertz CT molecular complexity index is 432. The summed E-state index contributed by atoms with van der Waals surface area (Å²) in [4.78, 5) is 12.1. The Morgan fingerprint density at radius 1 is 1.48 bits per heavy atom. The van der Waals surface area contributed by atoms with E-state index < -0.39 is 6.04 Å². The number of ether oxygens (including phenoxy) is 2. The standard InChI is InChI=1S/C16H24N2O3/c1-20-11-14(17)16(19)18-15(9-12-7-8-21-10-12)13-5-3-2-4-6-13/h2-6,12,14-15H,7-11,17H2,1H3,(H,18,19). The monoisotopic (exact) mass is 292 g/mol. The van der Waals surface area contributed by atoms with Crippen molar-refractivity contribution in [1.29, 1.82) is 0 Å². The van der Waals surface area contributed by atoms with Crippen molar-refractivity contribution in [3.05, 3.63) is 35.9 Å². The molecule has 1 aliphatic heterocycles. The Labute approximate surface area is 125 Å². The first-order valence-electron chi connectivity index (χ1n) is 7.38. The summed E-state index contributed by atoms with van der Waals surface area (Å²) in [6.07, 6.45) is 1.92. The van der Waals surface area contributed by atoms with E-state index in [-0.39, 0.29) is 18.6 Å². The molecule has 0 saturated carbocycles. The Morgan fingerprint density at radius 2 is 2.24 bits per heavy atom. The average Bonchev–Trinajstić information content (AvgIpc) is 3.00. The SMILES string of the molecule is COCC(N)C(=O)NC(CC1CCOC1)c1ccccc1. The zero-order chi connectivity index (χ0) is 15.1. The molecule has 1 aromatic carbocycles. The fraction of sp³-hybridized carbons (Fsp3) is 0.562. The second-order valence-electron chi connectivity index (χ2n) is 5.50. The van der Waals surface area contributed by atoms with E-state index in [0.29, 0.717) is 5.92 Å². The van der Waals surface area contributed by atoms with Gasteiger partial charge in [-0.05, 0) is 24.3 Å². The first kappa shape index (κ1) is 15.9. The number of nitrogens with one attached hydrogen (secondary N) is 1. The van der Waals surface area contributed by atoms with Gasteiger partial charge in [0.2, 0.25) is 5.91 Å². The lowest BCUT2D eigenvalue weighted by Gasteiger charge is -2.23. The molecule has 0 bridgehead atoms. The van der Waals surface area contributed by atoms with Gasteiger partial charge in [-0.15, -0.1) is 0 Å². The molecular formula is C16H24N2O3. The highest BCUT2D eigenvalue weighted by atomic mass is 16.5. The van der Waals surface area contributed by atoms with Gasteiger partial charge in [0.05, 0.1) is 12.6 Å². The van der Waals surface area contributed by atoms with Gasteiger partial charge in [-0.1, -0.05) is 30.3 Å². The maximum Gasteiger partial charge on any atom is 0.239 e. The minimum absolute atomic E-state index is 0.0340. The molecule has 3 atom stereocenters. The summed E-state index contributed by atoms with van der Waals surface area (Å²) < 4.78 is 10.4. The molecule has 0 aliphatic carbocycles. The number of carbonyl (C=O) groups excluding carboxylic acids is 1. The fourth-order valence-corrected chi connectivity index (χ4v) is 2.60. The molecule has 3 unspecified atom stereocenters. The van der Waals surface area contributed by atoms with E-state index in [1.165, 1.54) is 7.11 Å². The molecule has 5 heteroatoms. The number of hydrogen-bond acceptors (Lipinski definition) is 4. The zero-order valence-electron chi connectivity index (χ0n) is 12.5. The van der Waals surface area contributed by atoms with Crippen LogP contribution in [-0.4, -0.2) is 38.9 Å². The molecule has 1 amide bonds. The van der Waals surface area contributed by atoms with E-state index in [2.05, 4.69) is 5.32 Å². The third kappa shape index (κ3) is 4.81. The number of benzene rings is 1. The number of carbonyl (C=O) groups is 1. The molecule has 1 heterocycles. The molecular weight excluding hydrogens is 268 g/mol.